The van der Waals surface area contributed by atoms with Crippen molar-refractivity contribution in [3.63, 3.8) is 0 Å². The predicted molar refractivity (Wildman–Crippen MR) is 127 cm³/mol. The van der Waals surface area contributed by atoms with Crippen LogP contribution in [-0.4, -0.2) is 27.4 Å². The van der Waals surface area contributed by atoms with Crippen LogP contribution in [0.4, 0.5) is 0 Å². The minimum absolute atomic E-state index is 0.275. The second-order valence-corrected chi connectivity index (χ2v) is 8.80. The van der Waals surface area contributed by atoms with Gasteiger partial charge >= 0.3 is 5.97 Å². The van der Waals surface area contributed by atoms with Gasteiger partial charge in [-0.05, 0) is 66.8 Å². The maximum atomic E-state index is 13.6. The van der Waals surface area contributed by atoms with Crippen molar-refractivity contribution in [2.45, 2.75) is 31.3 Å². The van der Waals surface area contributed by atoms with Crippen molar-refractivity contribution in [1.82, 2.24) is 4.90 Å². The first-order valence-electron chi connectivity index (χ1n) is 10.7. The summed E-state index contributed by atoms with van der Waals surface area (Å²) in [5.74, 6) is -1.45. The van der Waals surface area contributed by atoms with Gasteiger partial charge in [-0.1, -0.05) is 48.0 Å². The van der Waals surface area contributed by atoms with Gasteiger partial charge in [-0.2, -0.15) is 10.5 Å². The molecule has 7 heteroatoms. The summed E-state index contributed by atoms with van der Waals surface area (Å²) in [4.78, 5) is 27.3. The third-order valence-electron chi connectivity index (χ3n) is 6.42. The Labute approximate surface area is 202 Å². The number of carbonyl (C=O) groups is 2. The van der Waals surface area contributed by atoms with Gasteiger partial charge in [0, 0.05) is 10.6 Å². The van der Waals surface area contributed by atoms with Crippen molar-refractivity contribution in [2.75, 3.05) is 0 Å². The highest BCUT2D eigenvalue weighted by molar-refractivity contribution is 6.31. The average Bonchev–Trinajstić information content (AvgIpc) is 3.21. The van der Waals surface area contributed by atoms with E-state index in [1.54, 1.807) is 61.5 Å². The number of hydrogen-bond acceptors (Lipinski definition) is 4. The molecule has 0 radical (unpaired) electrons. The molecule has 6 nitrogen and oxygen atoms in total. The van der Waals surface area contributed by atoms with Crippen LogP contribution in [0, 0.1) is 22.7 Å². The second kappa shape index (κ2) is 9.02. The number of nitrogens with zero attached hydrogens (tertiary/aromatic N) is 3. The van der Waals surface area contributed by atoms with E-state index < -0.39 is 23.5 Å². The van der Waals surface area contributed by atoms with E-state index in [9.17, 15) is 20.0 Å². The monoisotopic (exact) mass is 469 g/mol. The van der Waals surface area contributed by atoms with Gasteiger partial charge in [0.15, 0.2) is 0 Å². The molecule has 0 unspecified atom stereocenters. The molecule has 2 atom stereocenters. The SMILES string of the molecule is C[C@@]1(C(=O)O)CC[C@H](c2ccccc2Cl)N1C(=O)c1ccc(-c2ccc(C#N)c(C#N)c2)cc1. The van der Waals surface area contributed by atoms with Gasteiger partial charge in [0.2, 0.25) is 0 Å². The number of hydrogen-bond donors (Lipinski definition) is 1. The predicted octanol–water partition coefficient (Wildman–Crippen LogP) is 5.57. The Hall–Kier alpha value is -4.13. The van der Waals surface area contributed by atoms with E-state index in [4.69, 9.17) is 16.9 Å². The zero-order valence-corrected chi connectivity index (χ0v) is 19.1. The number of amides is 1. The smallest absolute Gasteiger partial charge is 0.329 e. The number of nitriles is 2. The molecular weight excluding hydrogens is 450 g/mol. The standard InChI is InChI=1S/C27H20ClN3O3/c1-27(26(33)34)13-12-24(22-4-2-3-5-23(22)28)31(27)25(32)18-8-6-17(7-9-18)19-10-11-20(15-29)21(14-19)16-30/h2-11,14,24H,12-13H2,1H3,(H,33,34)/t24-,27+/m1/s1. The van der Waals surface area contributed by atoms with Crippen molar-refractivity contribution >= 4 is 23.5 Å². The van der Waals surface area contributed by atoms with Gasteiger partial charge in [0.25, 0.3) is 5.91 Å². The average molecular weight is 470 g/mol. The third-order valence-corrected chi connectivity index (χ3v) is 6.76. The van der Waals surface area contributed by atoms with Crippen molar-refractivity contribution in [1.29, 1.82) is 10.5 Å². The Bertz CT molecular complexity index is 1370. The maximum absolute atomic E-state index is 13.6. The van der Waals surface area contributed by atoms with E-state index in [0.717, 1.165) is 16.7 Å². The van der Waals surface area contributed by atoms with Crippen LogP contribution in [0.2, 0.25) is 5.02 Å². The molecule has 0 bridgehead atoms. The Morgan fingerprint density at radius 1 is 1.00 bits per heavy atom. The number of likely N-dealkylation sites (tertiary alicyclic amines) is 1. The van der Waals surface area contributed by atoms with Gasteiger partial charge in [-0.25, -0.2) is 4.79 Å². The molecule has 3 aromatic carbocycles. The fourth-order valence-corrected chi connectivity index (χ4v) is 4.75. The molecule has 1 aliphatic rings. The molecule has 1 amide bonds. The summed E-state index contributed by atoms with van der Waals surface area (Å²) in [6.45, 7) is 1.57. The Morgan fingerprint density at radius 3 is 2.26 bits per heavy atom. The maximum Gasteiger partial charge on any atom is 0.329 e. The molecule has 1 aliphatic heterocycles. The van der Waals surface area contributed by atoms with E-state index >= 15 is 0 Å². The van der Waals surface area contributed by atoms with Crippen LogP contribution in [0.3, 0.4) is 0 Å². The highest BCUT2D eigenvalue weighted by atomic mass is 35.5. The van der Waals surface area contributed by atoms with Crippen molar-refractivity contribution in [3.05, 3.63) is 94.0 Å². The summed E-state index contributed by atoms with van der Waals surface area (Å²) in [6, 6.07) is 22.5. The molecule has 4 rings (SSSR count). The Balaban J connectivity index is 1.70. The topological polar surface area (TPSA) is 105 Å². The number of rotatable bonds is 4. The van der Waals surface area contributed by atoms with Gasteiger partial charge < -0.3 is 10.0 Å². The lowest BCUT2D eigenvalue weighted by molar-refractivity contribution is -0.147. The molecule has 0 spiro atoms. The van der Waals surface area contributed by atoms with Gasteiger partial charge in [-0.15, -0.1) is 0 Å². The zero-order chi connectivity index (χ0) is 24.5. The summed E-state index contributed by atoms with van der Waals surface area (Å²) in [7, 11) is 0. The van der Waals surface area contributed by atoms with Crippen molar-refractivity contribution in [2.24, 2.45) is 0 Å². The number of halogens is 1. The fourth-order valence-electron chi connectivity index (χ4n) is 4.48. The largest absolute Gasteiger partial charge is 0.480 e. The first-order chi connectivity index (χ1) is 16.3. The van der Waals surface area contributed by atoms with Crippen LogP contribution in [-0.2, 0) is 4.79 Å². The fraction of sp³-hybridized carbons (Fsp3) is 0.185. The minimum atomic E-state index is -1.37. The number of carboxylic acids is 1. The molecule has 1 saturated heterocycles. The highest BCUT2D eigenvalue weighted by Crippen LogP contribution is 2.45. The molecule has 168 valence electrons. The number of aliphatic carboxylic acids is 1. The summed E-state index contributed by atoms with van der Waals surface area (Å²) in [5, 5.41) is 28.9. The molecule has 1 N–H and O–H groups in total. The third kappa shape index (κ3) is 3.90. The molecular formula is C27H20ClN3O3. The van der Waals surface area contributed by atoms with E-state index in [0.29, 0.717) is 29.0 Å². The lowest BCUT2D eigenvalue weighted by atomic mass is 9.97. The number of carboxylic acid groups (broad SMARTS) is 1. The molecule has 1 fully saturated rings. The van der Waals surface area contributed by atoms with Crippen molar-refractivity contribution in [3.8, 4) is 23.3 Å². The molecule has 0 aliphatic carbocycles. The Morgan fingerprint density at radius 2 is 1.65 bits per heavy atom. The van der Waals surface area contributed by atoms with E-state index in [-0.39, 0.29) is 5.56 Å². The van der Waals surface area contributed by atoms with Gasteiger partial charge in [0.1, 0.15) is 17.7 Å². The molecule has 0 saturated carbocycles. The van der Waals surface area contributed by atoms with E-state index in [2.05, 4.69) is 0 Å². The minimum Gasteiger partial charge on any atom is -0.480 e. The quantitative estimate of drug-likeness (QED) is 0.537. The summed E-state index contributed by atoms with van der Waals surface area (Å²) >= 11 is 6.40. The lowest BCUT2D eigenvalue weighted by Gasteiger charge is -2.36. The molecule has 1 heterocycles. The Kier molecular flexibility index (Phi) is 6.11. The van der Waals surface area contributed by atoms with Crippen LogP contribution < -0.4 is 0 Å². The normalized spacial score (nSPS) is 19.3. The first-order valence-corrected chi connectivity index (χ1v) is 11.0. The summed E-state index contributed by atoms with van der Waals surface area (Å²) in [5.41, 5.74) is 1.78. The van der Waals surface area contributed by atoms with Crippen molar-refractivity contribution < 1.29 is 14.7 Å². The molecule has 34 heavy (non-hydrogen) atoms. The number of carbonyl (C=O) groups excluding carboxylic acids is 1. The van der Waals surface area contributed by atoms with E-state index in [1.165, 1.54) is 4.90 Å². The van der Waals surface area contributed by atoms with Crippen LogP contribution in [0.1, 0.15) is 52.9 Å². The van der Waals surface area contributed by atoms with Gasteiger partial charge in [0.05, 0.1) is 17.2 Å². The lowest BCUT2D eigenvalue weighted by Crippen LogP contribution is -2.51. The van der Waals surface area contributed by atoms with E-state index in [1.807, 2.05) is 24.3 Å². The van der Waals surface area contributed by atoms with Gasteiger partial charge in [-0.3, -0.25) is 4.79 Å². The van der Waals surface area contributed by atoms with Crippen LogP contribution in [0.5, 0.6) is 0 Å². The zero-order valence-electron chi connectivity index (χ0n) is 18.3. The first kappa shape index (κ1) is 23.0. The summed E-state index contributed by atoms with van der Waals surface area (Å²) in [6.07, 6.45) is 0.794. The van der Waals surface area contributed by atoms with Crippen LogP contribution in [0.25, 0.3) is 11.1 Å². The van der Waals surface area contributed by atoms with Crippen LogP contribution >= 0.6 is 11.6 Å². The highest BCUT2D eigenvalue weighted by Gasteiger charge is 2.51. The molecule has 3 aromatic rings. The second-order valence-electron chi connectivity index (χ2n) is 8.39. The number of benzene rings is 3. The summed E-state index contributed by atoms with van der Waals surface area (Å²) < 4.78 is 0. The van der Waals surface area contributed by atoms with Crippen LogP contribution in [0.15, 0.2) is 66.7 Å². The molecule has 0 aromatic heterocycles.